The zero-order valence-electron chi connectivity index (χ0n) is 11.7. The molecule has 1 aromatic carbocycles. The summed E-state index contributed by atoms with van der Waals surface area (Å²) >= 11 is 0. The third-order valence-corrected chi connectivity index (χ3v) is 4.00. The molecule has 2 N–H and O–H groups in total. The van der Waals surface area contributed by atoms with E-state index in [2.05, 4.69) is 11.1 Å². The van der Waals surface area contributed by atoms with Gasteiger partial charge in [-0.1, -0.05) is 6.07 Å². The molecule has 1 aliphatic carbocycles. The minimum absolute atomic E-state index is 0.615. The van der Waals surface area contributed by atoms with Crippen LogP contribution in [0.4, 0.5) is 0 Å². The molecule has 1 aliphatic rings. The third-order valence-electron chi connectivity index (χ3n) is 4.00. The highest BCUT2D eigenvalue weighted by Gasteiger charge is 2.40. The monoisotopic (exact) mass is 270 g/mol. The summed E-state index contributed by atoms with van der Waals surface area (Å²) < 4.78 is 10.7. The lowest BCUT2D eigenvalue weighted by Crippen LogP contribution is -2.36. The predicted molar refractivity (Wildman–Crippen MR) is 77.1 cm³/mol. The van der Waals surface area contributed by atoms with Crippen molar-refractivity contribution in [3.8, 4) is 11.5 Å². The van der Waals surface area contributed by atoms with Gasteiger partial charge in [0.25, 0.3) is 0 Å². The van der Waals surface area contributed by atoms with Crippen LogP contribution in [0.15, 0.2) is 36.5 Å². The highest BCUT2D eigenvalue weighted by atomic mass is 16.5. The fourth-order valence-electron chi connectivity index (χ4n) is 2.92. The summed E-state index contributed by atoms with van der Waals surface area (Å²) in [6, 6.07) is 9.82. The topological polar surface area (TPSA) is 57.4 Å². The lowest BCUT2D eigenvalue weighted by molar-refractivity contribution is 0.386. The highest BCUT2D eigenvalue weighted by Crippen LogP contribution is 2.43. The number of fused-ring (bicyclic) bond motifs is 1. The molecule has 0 radical (unpaired) electrons. The largest absolute Gasteiger partial charge is 0.497 e. The summed E-state index contributed by atoms with van der Waals surface area (Å²) in [5, 5.41) is 0. The summed E-state index contributed by atoms with van der Waals surface area (Å²) in [5.74, 6) is 1.54. The molecule has 1 heterocycles. The summed E-state index contributed by atoms with van der Waals surface area (Å²) in [5.41, 5.74) is 9.19. The molecule has 1 aromatic heterocycles. The number of aryl methyl sites for hydroxylation is 1. The van der Waals surface area contributed by atoms with E-state index in [0.717, 1.165) is 35.6 Å². The summed E-state index contributed by atoms with van der Waals surface area (Å²) in [6.07, 6.45) is 3.52. The Morgan fingerprint density at radius 1 is 1.20 bits per heavy atom. The van der Waals surface area contributed by atoms with Gasteiger partial charge in [0, 0.05) is 6.20 Å². The smallest absolute Gasteiger partial charge is 0.142 e. The zero-order chi connectivity index (χ0) is 14.2. The average Bonchev–Trinajstić information content (AvgIpc) is 2.85. The van der Waals surface area contributed by atoms with Crippen molar-refractivity contribution in [2.45, 2.75) is 18.4 Å². The Kier molecular flexibility index (Phi) is 3.10. The van der Waals surface area contributed by atoms with Crippen LogP contribution in [-0.2, 0) is 12.0 Å². The Labute approximate surface area is 118 Å². The number of nitrogens with zero attached hydrogens (tertiary/aromatic N) is 1. The highest BCUT2D eigenvalue weighted by molar-refractivity contribution is 5.51. The van der Waals surface area contributed by atoms with Gasteiger partial charge in [0.2, 0.25) is 0 Å². The number of pyridine rings is 1. The fraction of sp³-hybridized carbons (Fsp3) is 0.312. The van der Waals surface area contributed by atoms with E-state index in [9.17, 15) is 0 Å². The first-order valence-corrected chi connectivity index (χ1v) is 6.65. The van der Waals surface area contributed by atoms with Crippen LogP contribution in [0.1, 0.15) is 23.2 Å². The number of benzene rings is 1. The second kappa shape index (κ2) is 4.80. The Morgan fingerprint density at radius 2 is 2.05 bits per heavy atom. The quantitative estimate of drug-likeness (QED) is 0.929. The molecule has 4 nitrogen and oxygen atoms in total. The van der Waals surface area contributed by atoms with Crippen molar-refractivity contribution in [2.24, 2.45) is 5.73 Å². The fourth-order valence-corrected chi connectivity index (χ4v) is 2.92. The van der Waals surface area contributed by atoms with Crippen molar-refractivity contribution in [1.29, 1.82) is 0 Å². The predicted octanol–water partition coefficient (Wildman–Crippen LogP) is 2.25. The van der Waals surface area contributed by atoms with Gasteiger partial charge in [-0.2, -0.15) is 0 Å². The normalized spacial score (nSPS) is 20.6. The molecule has 0 bridgehead atoms. The maximum Gasteiger partial charge on any atom is 0.142 e. The van der Waals surface area contributed by atoms with Crippen molar-refractivity contribution < 1.29 is 9.47 Å². The molecule has 1 unspecified atom stereocenters. The number of methoxy groups -OCH3 is 2. The first kappa shape index (κ1) is 12.9. The van der Waals surface area contributed by atoms with Gasteiger partial charge < -0.3 is 15.2 Å². The van der Waals surface area contributed by atoms with Crippen molar-refractivity contribution in [1.82, 2.24) is 4.98 Å². The van der Waals surface area contributed by atoms with Crippen molar-refractivity contribution in [3.05, 3.63) is 53.3 Å². The van der Waals surface area contributed by atoms with Gasteiger partial charge in [0.1, 0.15) is 17.2 Å². The Bertz CT molecular complexity index is 642. The van der Waals surface area contributed by atoms with Crippen LogP contribution in [0.25, 0.3) is 0 Å². The zero-order valence-corrected chi connectivity index (χ0v) is 11.7. The number of aromatic nitrogens is 1. The molecule has 0 amide bonds. The molecule has 0 saturated carbocycles. The van der Waals surface area contributed by atoms with Crippen LogP contribution in [0.5, 0.6) is 11.5 Å². The number of nitrogens with two attached hydrogens (primary N) is 1. The van der Waals surface area contributed by atoms with E-state index >= 15 is 0 Å². The van der Waals surface area contributed by atoms with E-state index in [4.69, 9.17) is 15.2 Å². The molecule has 4 heteroatoms. The maximum absolute atomic E-state index is 6.69. The van der Waals surface area contributed by atoms with E-state index in [0.29, 0.717) is 0 Å². The van der Waals surface area contributed by atoms with Gasteiger partial charge in [0.15, 0.2) is 0 Å². The van der Waals surface area contributed by atoms with Crippen LogP contribution in [0, 0.1) is 0 Å². The van der Waals surface area contributed by atoms with Gasteiger partial charge in [-0.25, -0.2) is 0 Å². The van der Waals surface area contributed by atoms with Crippen molar-refractivity contribution in [3.63, 3.8) is 0 Å². The molecule has 104 valence electrons. The van der Waals surface area contributed by atoms with Crippen LogP contribution in [0.2, 0.25) is 0 Å². The lowest BCUT2D eigenvalue weighted by atomic mass is 9.88. The summed E-state index contributed by atoms with van der Waals surface area (Å²) in [7, 11) is 3.31. The van der Waals surface area contributed by atoms with Gasteiger partial charge in [-0.15, -0.1) is 0 Å². The van der Waals surface area contributed by atoms with Crippen molar-refractivity contribution in [2.75, 3.05) is 14.2 Å². The maximum atomic E-state index is 6.69. The minimum Gasteiger partial charge on any atom is -0.497 e. The number of ether oxygens (including phenoxy) is 2. The van der Waals surface area contributed by atoms with E-state index < -0.39 is 5.54 Å². The Morgan fingerprint density at radius 3 is 2.80 bits per heavy atom. The second-order valence-electron chi connectivity index (χ2n) is 5.05. The Balaban J connectivity index is 2.16. The second-order valence-corrected chi connectivity index (χ2v) is 5.05. The number of hydrogen-bond acceptors (Lipinski definition) is 4. The standard InChI is InChI=1S/C16H18N2O2/c1-19-12-6-5-11-7-8-16(17,13(11)10-12)15-14(20-2)4-3-9-18-15/h3-6,9-10H,7-8,17H2,1-2H3. The molecule has 2 aromatic rings. The molecule has 0 fully saturated rings. The van der Waals surface area contributed by atoms with Gasteiger partial charge in [-0.3, -0.25) is 4.98 Å². The molecular formula is C16H18N2O2. The van der Waals surface area contributed by atoms with Crippen LogP contribution in [-0.4, -0.2) is 19.2 Å². The van der Waals surface area contributed by atoms with E-state index in [1.54, 1.807) is 20.4 Å². The molecule has 20 heavy (non-hydrogen) atoms. The van der Waals surface area contributed by atoms with Crippen LogP contribution < -0.4 is 15.2 Å². The van der Waals surface area contributed by atoms with Gasteiger partial charge >= 0.3 is 0 Å². The first-order valence-electron chi connectivity index (χ1n) is 6.65. The van der Waals surface area contributed by atoms with Crippen LogP contribution in [0.3, 0.4) is 0 Å². The Hall–Kier alpha value is -2.07. The molecular weight excluding hydrogens is 252 g/mol. The lowest BCUT2D eigenvalue weighted by Gasteiger charge is -2.26. The third kappa shape index (κ3) is 1.84. The molecule has 0 saturated heterocycles. The first-order chi connectivity index (χ1) is 9.69. The summed E-state index contributed by atoms with van der Waals surface area (Å²) in [4.78, 5) is 4.47. The van der Waals surface area contributed by atoms with Crippen LogP contribution >= 0.6 is 0 Å². The average molecular weight is 270 g/mol. The number of rotatable bonds is 3. The van der Waals surface area contributed by atoms with Crippen molar-refractivity contribution >= 4 is 0 Å². The number of hydrogen-bond donors (Lipinski definition) is 1. The SMILES string of the molecule is COc1ccc2c(c1)C(N)(c1ncccc1OC)CC2. The molecule has 0 spiro atoms. The molecule has 3 rings (SSSR count). The van der Waals surface area contributed by atoms with E-state index in [1.807, 2.05) is 24.3 Å². The van der Waals surface area contributed by atoms with E-state index in [1.165, 1.54) is 5.56 Å². The van der Waals surface area contributed by atoms with Gasteiger partial charge in [-0.05, 0) is 48.2 Å². The molecule has 1 atom stereocenters. The van der Waals surface area contributed by atoms with Gasteiger partial charge in [0.05, 0.1) is 19.8 Å². The molecule has 0 aliphatic heterocycles. The van der Waals surface area contributed by atoms with E-state index in [-0.39, 0.29) is 0 Å². The minimum atomic E-state index is -0.615. The summed E-state index contributed by atoms with van der Waals surface area (Å²) in [6.45, 7) is 0.